The number of aromatic nitrogens is 1. The number of pyridine rings is 1. The van der Waals surface area contributed by atoms with E-state index < -0.39 is 0 Å². The molecule has 98 valence electrons. The van der Waals surface area contributed by atoms with E-state index in [1.807, 2.05) is 12.1 Å². The molecule has 1 saturated carbocycles. The molecule has 1 aliphatic rings. The molecule has 3 N–H and O–H groups in total. The summed E-state index contributed by atoms with van der Waals surface area (Å²) >= 11 is 0. The summed E-state index contributed by atoms with van der Waals surface area (Å²) in [4.78, 5) is 4.04. The van der Waals surface area contributed by atoms with Gasteiger partial charge in [0.25, 0.3) is 0 Å². The average molecular weight is 247 g/mol. The van der Waals surface area contributed by atoms with Gasteiger partial charge in [0, 0.05) is 6.20 Å². The quantitative estimate of drug-likeness (QED) is 0.488. The molecule has 4 heteroatoms. The molecule has 1 aromatic rings. The molecule has 0 amide bonds. The Morgan fingerprint density at radius 1 is 1.33 bits per heavy atom. The van der Waals surface area contributed by atoms with Crippen molar-refractivity contribution in [2.45, 2.75) is 51.2 Å². The van der Waals surface area contributed by atoms with E-state index in [4.69, 9.17) is 15.9 Å². The summed E-state index contributed by atoms with van der Waals surface area (Å²) in [5, 5.41) is 7.36. The summed E-state index contributed by atoms with van der Waals surface area (Å²) in [6, 6.07) is 3.75. The van der Waals surface area contributed by atoms with E-state index >= 15 is 0 Å². The number of ether oxygens (including phenoxy) is 1. The van der Waals surface area contributed by atoms with Gasteiger partial charge < -0.3 is 10.5 Å². The van der Waals surface area contributed by atoms with Crippen molar-refractivity contribution in [1.29, 1.82) is 5.41 Å². The molecule has 0 radical (unpaired) electrons. The Kier molecular flexibility index (Phi) is 4.70. The van der Waals surface area contributed by atoms with Crippen molar-refractivity contribution < 1.29 is 4.74 Å². The highest BCUT2D eigenvalue weighted by Gasteiger charge is 2.12. The van der Waals surface area contributed by atoms with Gasteiger partial charge in [0.05, 0.1) is 12.7 Å². The highest BCUT2D eigenvalue weighted by molar-refractivity contribution is 5.93. The van der Waals surface area contributed by atoms with Crippen molar-refractivity contribution in [2.24, 2.45) is 5.73 Å². The lowest BCUT2D eigenvalue weighted by Gasteiger charge is -2.15. The lowest BCUT2D eigenvalue weighted by Crippen LogP contribution is -2.14. The second-order valence-corrected chi connectivity index (χ2v) is 4.89. The van der Waals surface area contributed by atoms with Gasteiger partial charge in [-0.05, 0) is 30.5 Å². The minimum Gasteiger partial charge on any atom is -0.382 e. The molecule has 2 rings (SSSR count). The van der Waals surface area contributed by atoms with Crippen LogP contribution in [0.2, 0.25) is 0 Å². The highest BCUT2D eigenvalue weighted by Crippen LogP contribution is 2.20. The van der Waals surface area contributed by atoms with Crippen molar-refractivity contribution in [2.75, 3.05) is 0 Å². The topological polar surface area (TPSA) is 72.0 Å². The lowest BCUT2D eigenvalue weighted by molar-refractivity contribution is 0.0309. The van der Waals surface area contributed by atoms with E-state index in [0.29, 0.717) is 18.4 Å². The van der Waals surface area contributed by atoms with Crippen molar-refractivity contribution >= 4 is 5.84 Å². The van der Waals surface area contributed by atoms with Crippen LogP contribution in [0.1, 0.15) is 49.8 Å². The van der Waals surface area contributed by atoms with Crippen LogP contribution >= 0.6 is 0 Å². The van der Waals surface area contributed by atoms with Gasteiger partial charge >= 0.3 is 0 Å². The fourth-order valence-corrected chi connectivity index (χ4v) is 2.33. The standard InChI is InChI=1S/C14H21N3O/c15-14(16)13-9-11(7-8-17-13)10-18-12-5-3-1-2-4-6-12/h7-9,12H,1-6,10H2,(H3,15,16). The zero-order valence-electron chi connectivity index (χ0n) is 10.7. The minimum absolute atomic E-state index is 0.00585. The zero-order chi connectivity index (χ0) is 12.8. The second kappa shape index (κ2) is 6.50. The number of nitrogens with zero attached hydrogens (tertiary/aromatic N) is 1. The van der Waals surface area contributed by atoms with Crippen LogP contribution in [0.15, 0.2) is 18.3 Å². The molecule has 0 aromatic carbocycles. The molecule has 0 saturated heterocycles. The maximum atomic E-state index is 7.36. The van der Waals surface area contributed by atoms with Gasteiger partial charge in [0.2, 0.25) is 0 Å². The number of nitrogens with one attached hydrogen (secondary N) is 1. The van der Waals surface area contributed by atoms with Crippen molar-refractivity contribution in [1.82, 2.24) is 4.98 Å². The van der Waals surface area contributed by atoms with Gasteiger partial charge in [-0.25, -0.2) is 0 Å². The molecule has 0 aliphatic heterocycles. The number of rotatable bonds is 4. The maximum Gasteiger partial charge on any atom is 0.141 e. The number of hydrogen-bond acceptors (Lipinski definition) is 3. The Bertz CT molecular complexity index is 398. The molecule has 0 spiro atoms. The molecule has 1 aliphatic carbocycles. The van der Waals surface area contributed by atoms with E-state index in [0.717, 1.165) is 5.56 Å². The van der Waals surface area contributed by atoms with Crippen LogP contribution < -0.4 is 5.73 Å². The molecule has 1 heterocycles. The zero-order valence-corrected chi connectivity index (χ0v) is 10.7. The second-order valence-electron chi connectivity index (χ2n) is 4.89. The first kappa shape index (κ1) is 13.0. The third-order valence-electron chi connectivity index (χ3n) is 3.39. The predicted molar refractivity (Wildman–Crippen MR) is 71.5 cm³/mol. The SMILES string of the molecule is N=C(N)c1cc(COC2CCCCCC2)ccn1. The first-order chi connectivity index (χ1) is 8.75. The smallest absolute Gasteiger partial charge is 0.141 e. The third-order valence-corrected chi connectivity index (χ3v) is 3.39. The Balaban J connectivity index is 1.88. The van der Waals surface area contributed by atoms with Crippen LogP contribution in [0, 0.1) is 5.41 Å². The number of amidine groups is 1. The van der Waals surface area contributed by atoms with Gasteiger partial charge in [-0.15, -0.1) is 0 Å². The van der Waals surface area contributed by atoms with Crippen LogP contribution in [0.25, 0.3) is 0 Å². The number of nitrogen functional groups attached to an aromatic ring is 1. The van der Waals surface area contributed by atoms with E-state index in [-0.39, 0.29) is 5.84 Å². The van der Waals surface area contributed by atoms with Gasteiger partial charge in [-0.1, -0.05) is 25.7 Å². The molecule has 18 heavy (non-hydrogen) atoms. The Morgan fingerprint density at radius 2 is 2.06 bits per heavy atom. The average Bonchev–Trinajstić information content (AvgIpc) is 2.65. The highest BCUT2D eigenvalue weighted by atomic mass is 16.5. The molecule has 0 bridgehead atoms. The van der Waals surface area contributed by atoms with Gasteiger partial charge in [0.15, 0.2) is 0 Å². The molecule has 1 aromatic heterocycles. The van der Waals surface area contributed by atoms with Crippen molar-refractivity contribution in [3.05, 3.63) is 29.6 Å². The van der Waals surface area contributed by atoms with Crippen LogP contribution in [0.3, 0.4) is 0 Å². The van der Waals surface area contributed by atoms with E-state index in [1.54, 1.807) is 6.20 Å². The summed E-state index contributed by atoms with van der Waals surface area (Å²) in [7, 11) is 0. The summed E-state index contributed by atoms with van der Waals surface area (Å²) < 4.78 is 5.94. The predicted octanol–water partition coefficient (Wildman–Crippen LogP) is 2.61. The Morgan fingerprint density at radius 3 is 2.72 bits per heavy atom. The largest absolute Gasteiger partial charge is 0.382 e. The van der Waals surface area contributed by atoms with Gasteiger partial charge in [0.1, 0.15) is 11.5 Å². The molecule has 1 fully saturated rings. The minimum atomic E-state index is 0.00585. The number of nitrogens with two attached hydrogens (primary N) is 1. The Labute approximate surface area is 108 Å². The first-order valence-corrected chi connectivity index (χ1v) is 6.66. The van der Waals surface area contributed by atoms with Crippen LogP contribution in [0.5, 0.6) is 0 Å². The van der Waals surface area contributed by atoms with Crippen molar-refractivity contribution in [3.8, 4) is 0 Å². The molecular weight excluding hydrogens is 226 g/mol. The normalized spacial score (nSPS) is 17.3. The van der Waals surface area contributed by atoms with E-state index in [1.165, 1.54) is 38.5 Å². The molecule has 0 unspecified atom stereocenters. The van der Waals surface area contributed by atoms with Crippen LogP contribution in [0.4, 0.5) is 0 Å². The maximum absolute atomic E-state index is 7.36. The van der Waals surface area contributed by atoms with Crippen molar-refractivity contribution in [3.63, 3.8) is 0 Å². The summed E-state index contributed by atoms with van der Waals surface area (Å²) in [5.74, 6) is 0.00585. The monoisotopic (exact) mass is 247 g/mol. The van der Waals surface area contributed by atoms with Gasteiger partial charge in [-0.3, -0.25) is 10.4 Å². The van der Waals surface area contributed by atoms with Crippen LogP contribution in [-0.4, -0.2) is 16.9 Å². The molecule has 0 atom stereocenters. The fourth-order valence-electron chi connectivity index (χ4n) is 2.33. The number of hydrogen-bond donors (Lipinski definition) is 2. The van der Waals surface area contributed by atoms with E-state index in [2.05, 4.69) is 4.98 Å². The first-order valence-electron chi connectivity index (χ1n) is 6.66. The summed E-state index contributed by atoms with van der Waals surface area (Å²) in [5.41, 5.74) is 6.99. The molecule has 4 nitrogen and oxygen atoms in total. The summed E-state index contributed by atoms with van der Waals surface area (Å²) in [6.45, 7) is 0.591. The van der Waals surface area contributed by atoms with Crippen LogP contribution in [-0.2, 0) is 11.3 Å². The lowest BCUT2D eigenvalue weighted by atomic mass is 10.1. The van der Waals surface area contributed by atoms with Gasteiger partial charge in [-0.2, -0.15) is 0 Å². The van der Waals surface area contributed by atoms with E-state index in [9.17, 15) is 0 Å². The Hall–Kier alpha value is -1.42. The molecular formula is C14H21N3O. The summed E-state index contributed by atoms with van der Waals surface area (Å²) in [6.07, 6.45) is 9.64. The fraction of sp³-hybridized carbons (Fsp3) is 0.571. The third kappa shape index (κ3) is 3.81.